The molecular weight excluding hydrogens is 445 g/mol. The molecule has 0 spiro atoms. The Labute approximate surface area is 175 Å². The predicted molar refractivity (Wildman–Crippen MR) is 116 cm³/mol. The molecule has 0 atom stereocenters. The molecule has 2 N–H and O–H groups in total. The van der Waals surface area contributed by atoms with Crippen molar-refractivity contribution in [2.45, 2.75) is 32.6 Å². The van der Waals surface area contributed by atoms with Crippen LogP contribution < -0.4 is 10.6 Å². The van der Waals surface area contributed by atoms with Crippen molar-refractivity contribution in [2.75, 3.05) is 66.1 Å². The number of aliphatic imine (C=N–C) groups is 1. The van der Waals surface area contributed by atoms with E-state index in [9.17, 15) is 4.79 Å². The molecule has 0 radical (unpaired) electrons. The molecule has 152 valence electrons. The number of hydrogen-bond donors (Lipinski definition) is 2. The van der Waals surface area contributed by atoms with Gasteiger partial charge in [-0.2, -0.15) is 0 Å². The average Bonchev–Trinajstić information content (AvgIpc) is 2.65. The third-order valence-corrected chi connectivity index (χ3v) is 5.00. The van der Waals surface area contributed by atoms with Gasteiger partial charge >= 0.3 is 0 Å². The van der Waals surface area contributed by atoms with Crippen LogP contribution in [0.3, 0.4) is 0 Å². The fourth-order valence-corrected chi connectivity index (χ4v) is 3.44. The van der Waals surface area contributed by atoms with Crippen LogP contribution in [0.15, 0.2) is 4.99 Å². The van der Waals surface area contributed by atoms with Crippen LogP contribution in [-0.4, -0.2) is 87.7 Å². The van der Waals surface area contributed by atoms with Crippen molar-refractivity contribution in [3.05, 3.63) is 0 Å². The number of piperidine rings is 1. The summed E-state index contributed by atoms with van der Waals surface area (Å²) in [5.41, 5.74) is 0. The fourth-order valence-electron chi connectivity index (χ4n) is 3.44. The van der Waals surface area contributed by atoms with E-state index < -0.39 is 0 Å². The van der Waals surface area contributed by atoms with Crippen molar-refractivity contribution in [3.8, 4) is 0 Å². The number of ether oxygens (including phenoxy) is 1. The number of halogens is 1. The Bertz CT molecular complexity index is 422. The van der Waals surface area contributed by atoms with E-state index in [-0.39, 0.29) is 29.9 Å². The molecule has 2 heterocycles. The summed E-state index contributed by atoms with van der Waals surface area (Å²) in [6.45, 7) is 10.7. The lowest BCUT2D eigenvalue weighted by Gasteiger charge is -2.34. The summed E-state index contributed by atoms with van der Waals surface area (Å²) in [6.07, 6.45) is 3.86. The SMILES string of the molecule is CCNC(=NCCCN1CCOCC1)N1CCC(CC(=O)NC)CC1.I. The average molecular weight is 481 g/mol. The second-order valence-electron chi connectivity index (χ2n) is 6.85. The molecule has 7 nitrogen and oxygen atoms in total. The van der Waals surface area contributed by atoms with E-state index in [1.165, 1.54) is 0 Å². The van der Waals surface area contributed by atoms with Crippen molar-refractivity contribution >= 4 is 35.8 Å². The Morgan fingerprint density at radius 1 is 1.19 bits per heavy atom. The highest BCUT2D eigenvalue weighted by Crippen LogP contribution is 2.20. The highest BCUT2D eigenvalue weighted by Gasteiger charge is 2.23. The summed E-state index contributed by atoms with van der Waals surface area (Å²) in [4.78, 5) is 21.1. The van der Waals surface area contributed by atoms with Gasteiger partial charge < -0.3 is 20.3 Å². The molecule has 8 heteroatoms. The third kappa shape index (κ3) is 8.39. The van der Waals surface area contributed by atoms with E-state index in [0.717, 1.165) is 84.2 Å². The number of nitrogens with zero attached hydrogens (tertiary/aromatic N) is 3. The number of amides is 1. The Hall–Kier alpha value is -0.610. The number of likely N-dealkylation sites (tertiary alicyclic amines) is 1. The largest absolute Gasteiger partial charge is 0.379 e. The smallest absolute Gasteiger partial charge is 0.220 e. The molecule has 0 saturated carbocycles. The lowest BCUT2D eigenvalue weighted by molar-refractivity contribution is -0.121. The zero-order valence-electron chi connectivity index (χ0n) is 16.3. The maximum absolute atomic E-state index is 11.5. The topological polar surface area (TPSA) is 69.2 Å². The van der Waals surface area contributed by atoms with Gasteiger partial charge in [0.2, 0.25) is 5.91 Å². The minimum atomic E-state index is 0. The second kappa shape index (κ2) is 13.5. The van der Waals surface area contributed by atoms with Crippen molar-refractivity contribution in [3.63, 3.8) is 0 Å². The van der Waals surface area contributed by atoms with E-state index in [0.29, 0.717) is 12.3 Å². The number of guanidine groups is 1. The van der Waals surface area contributed by atoms with Crippen LogP contribution in [-0.2, 0) is 9.53 Å². The van der Waals surface area contributed by atoms with Crippen molar-refractivity contribution in [1.29, 1.82) is 0 Å². The fraction of sp³-hybridized carbons (Fsp3) is 0.889. The number of hydrogen-bond acceptors (Lipinski definition) is 4. The molecule has 2 saturated heterocycles. The van der Waals surface area contributed by atoms with Gasteiger partial charge in [-0.15, -0.1) is 24.0 Å². The molecule has 1 amide bonds. The summed E-state index contributed by atoms with van der Waals surface area (Å²) >= 11 is 0. The van der Waals surface area contributed by atoms with Gasteiger partial charge in [0, 0.05) is 59.3 Å². The molecule has 0 aromatic carbocycles. The highest BCUT2D eigenvalue weighted by molar-refractivity contribution is 14.0. The van der Waals surface area contributed by atoms with Gasteiger partial charge in [0.25, 0.3) is 0 Å². The van der Waals surface area contributed by atoms with E-state index in [1.54, 1.807) is 7.05 Å². The second-order valence-corrected chi connectivity index (χ2v) is 6.85. The van der Waals surface area contributed by atoms with Gasteiger partial charge in [-0.3, -0.25) is 14.7 Å². The van der Waals surface area contributed by atoms with Crippen LogP contribution in [0.4, 0.5) is 0 Å². The summed E-state index contributed by atoms with van der Waals surface area (Å²) < 4.78 is 5.38. The van der Waals surface area contributed by atoms with Gasteiger partial charge in [0.15, 0.2) is 5.96 Å². The van der Waals surface area contributed by atoms with E-state index in [4.69, 9.17) is 9.73 Å². The van der Waals surface area contributed by atoms with E-state index in [1.807, 2.05) is 0 Å². The Balaban J connectivity index is 0.00000338. The molecule has 2 aliphatic rings. The lowest BCUT2D eigenvalue weighted by atomic mass is 9.93. The monoisotopic (exact) mass is 481 g/mol. The third-order valence-electron chi connectivity index (χ3n) is 5.00. The van der Waals surface area contributed by atoms with Gasteiger partial charge in [0.05, 0.1) is 13.2 Å². The first-order valence-corrected chi connectivity index (χ1v) is 9.77. The van der Waals surface area contributed by atoms with E-state index >= 15 is 0 Å². The van der Waals surface area contributed by atoms with Crippen molar-refractivity contribution in [1.82, 2.24) is 20.4 Å². The molecular formula is C18H36IN5O2. The highest BCUT2D eigenvalue weighted by atomic mass is 127. The minimum absolute atomic E-state index is 0. The van der Waals surface area contributed by atoms with Crippen LogP contribution in [0.1, 0.15) is 32.6 Å². The first-order chi connectivity index (χ1) is 12.2. The molecule has 2 aliphatic heterocycles. The zero-order valence-corrected chi connectivity index (χ0v) is 18.7. The van der Waals surface area contributed by atoms with Gasteiger partial charge in [-0.25, -0.2) is 0 Å². The van der Waals surface area contributed by atoms with Gasteiger partial charge in [-0.1, -0.05) is 0 Å². The molecule has 0 unspecified atom stereocenters. The number of rotatable bonds is 7. The van der Waals surface area contributed by atoms with Gasteiger partial charge in [0.1, 0.15) is 0 Å². The number of carbonyl (C=O) groups is 1. The van der Waals surface area contributed by atoms with Crippen LogP contribution in [0.2, 0.25) is 0 Å². The van der Waals surface area contributed by atoms with Crippen LogP contribution >= 0.6 is 24.0 Å². The molecule has 26 heavy (non-hydrogen) atoms. The van der Waals surface area contributed by atoms with Crippen LogP contribution in [0.25, 0.3) is 0 Å². The number of morpholine rings is 1. The molecule has 0 aromatic rings. The standard InChI is InChI=1S/C18H35N5O2.HI/c1-3-20-18(21-7-4-8-22-11-13-25-14-12-22)23-9-5-16(6-10-23)15-17(24)19-2;/h16H,3-15H2,1-2H3,(H,19,24)(H,20,21);1H. The molecule has 0 aliphatic carbocycles. The maximum Gasteiger partial charge on any atom is 0.220 e. The quantitative estimate of drug-likeness (QED) is 0.247. The first-order valence-electron chi connectivity index (χ1n) is 9.77. The first kappa shape index (κ1) is 23.4. The summed E-state index contributed by atoms with van der Waals surface area (Å²) in [5.74, 6) is 1.69. The van der Waals surface area contributed by atoms with Gasteiger partial charge in [-0.05, 0) is 32.1 Å². The van der Waals surface area contributed by atoms with Crippen LogP contribution in [0.5, 0.6) is 0 Å². The van der Waals surface area contributed by atoms with E-state index in [2.05, 4.69) is 27.4 Å². The predicted octanol–water partition coefficient (Wildman–Crippen LogP) is 1.14. The molecule has 2 rings (SSSR count). The molecule has 0 bridgehead atoms. The summed E-state index contributed by atoms with van der Waals surface area (Å²) in [7, 11) is 1.71. The summed E-state index contributed by atoms with van der Waals surface area (Å²) in [5, 5.41) is 6.15. The van der Waals surface area contributed by atoms with Crippen molar-refractivity contribution in [2.24, 2.45) is 10.9 Å². The zero-order chi connectivity index (χ0) is 17.9. The normalized spacial score (nSPS) is 19.8. The number of nitrogens with one attached hydrogen (secondary N) is 2. The van der Waals surface area contributed by atoms with Crippen molar-refractivity contribution < 1.29 is 9.53 Å². The maximum atomic E-state index is 11.5. The Morgan fingerprint density at radius 2 is 1.88 bits per heavy atom. The minimum Gasteiger partial charge on any atom is -0.379 e. The van der Waals surface area contributed by atoms with Crippen LogP contribution in [0, 0.1) is 5.92 Å². The lowest BCUT2D eigenvalue weighted by Crippen LogP contribution is -2.46. The molecule has 0 aromatic heterocycles. The summed E-state index contributed by atoms with van der Waals surface area (Å²) in [6, 6.07) is 0. The Morgan fingerprint density at radius 3 is 2.50 bits per heavy atom. The molecule has 2 fully saturated rings. The number of carbonyl (C=O) groups excluding carboxylic acids is 1. The Kier molecular flexibility index (Phi) is 12.2.